The maximum Gasteiger partial charge on any atom is 0.240 e. The number of rotatable bonds is 2. The number of primary amides is 1. The van der Waals surface area contributed by atoms with E-state index in [0.29, 0.717) is 0 Å². The van der Waals surface area contributed by atoms with Crippen LogP contribution in [-0.2, 0) is 4.79 Å². The summed E-state index contributed by atoms with van der Waals surface area (Å²) in [6, 6.07) is 9.38. The third-order valence-corrected chi connectivity index (χ3v) is 3.44. The van der Waals surface area contributed by atoms with Crippen molar-refractivity contribution in [3.63, 3.8) is 0 Å². The average molecular weight is 254 g/mol. The van der Waals surface area contributed by atoms with E-state index < -0.39 is 6.04 Å². The Morgan fingerprint density at radius 3 is 2.89 bits per heavy atom. The van der Waals surface area contributed by atoms with E-state index in [2.05, 4.69) is 9.98 Å². The number of aromatic nitrogens is 1. The van der Waals surface area contributed by atoms with E-state index in [1.807, 2.05) is 42.3 Å². The number of fused-ring (bicyclic) bond motifs is 1. The van der Waals surface area contributed by atoms with E-state index in [4.69, 9.17) is 5.73 Å². The molecule has 96 valence electrons. The van der Waals surface area contributed by atoms with Crippen LogP contribution >= 0.6 is 0 Å². The molecule has 0 spiro atoms. The highest BCUT2D eigenvalue weighted by Gasteiger charge is 2.32. The van der Waals surface area contributed by atoms with E-state index in [1.165, 1.54) is 0 Å². The van der Waals surface area contributed by atoms with Gasteiger partial charge in [0.1, 0.15) is 12.2 Å². The minimum atomic E-state index is -0.447. The third kappa shape index (κ3) is 1.88. The number of aliphatic imine (C=N–C) groups is 1. The number of pyridine rings is 1. The number of nitrogens with two attached hydrogens (primary N) is 1. The van der Waals surface area contributed by atoms with Crippen molar-refractivity contribution in [2.24, 2.45) is 10.7 Å². The molecular weight excluding hydrogens is 240 g/mol. The molecule has 1 amide bonds. The van der Waals surface area contributed by atoms with E-state index in [9.17, 15) is 4.79 Å². The minimum absolute atomic E-state index is 0.189. The summed E-state index contributed by atoms with van der Waals surface area (Å²) in [5, 5.41) is 1.05. The van der Waals surface area contributed by atoms with Gasteiger partial charge in [-0.3, -0.25) is 19.7 Å². The fraction of sp³-hybridized carbons (Fsp3) is 0.214. The van der Waals surface area contributed by atoms with Gasteiger partial charge in [0, 0.05) is 23.4 Å². The van der Waals surface area contributed by atoms with Gasteiger partial charge in [0.2, 0.25) is 5.91 Å². The number of nitrogens with zero attached hydrogens (tertiary/aromatic N) is 3. The molecule has 5 heteroatoms. The Balaban J connectivity index is 2.07. The van der Waals surface area contributed by atoms with Crippen LogP contribution in [0.3, 0.4) is 0 Å². The summed E-state index contributed by atoms with van der Waals surface area (Å²) >= 11 is 0. The van der Waals surface area contributed by atoms with E-state index in [-0.39, 0.29) is 12.1 Å². The van der Waals surface area contributed by atoms with Gasteiger partial charge in [-0.25, -0.2) is 0 Å². The molecule has 1 aliphatic rings. The Morgan fingerprint density at radius 1 is 1.32 bits per heavy atom. The second-order valence-electron chi connectivity index (χ2n) is 4.60. The Morgan fingerprint density at radius 2 is 2.16 bits per heavy atom. The Kier molecular flexibility index (Phi) is 2.76. The normalized spacial score (nSPS) is 23.0. The molecule has 0 radical (unpaired) electrons. The molecule has 3 rings (SSSR count). The van der Waals surface area contributed by atoms with E-state index in [1.54, 1.807) is 12.4 Å². The van der Waals surface area contributed by atoms with Crippen LogP contribution in [0.4, 0.5) is 0 Å². The maximum atomic E-state index is 11.3. The lowest BCUT2D eigenvalue weighted by Gasteiger charge is -2.23. The topological polar surface area (TPSA) is 71.6 Å². The predicted octanol–water partition coefficient (Wildman–Crippen LogP) is 1.10. The molecule has 0 saturated heterocycles. The van der Waals surface area contributed by atoms with Gasteiger partial charge in [-0.2, -0.15) is 0 Å². The number of benzene rings is 1. The molecule has 0 saturated carbocycles. The summed E-state index contributed by atoms with van der Waals surface area (Å²) in [5.74, 6) is -0.382. The Hall–Kier alpha value is -2.27. The molecule has 0 fully saturated rings. The van der Waals surface area contributed by atoms with E-state index in [0.717, 1.165) is 16.5 Å². The molecule has 2 unspecified atom stereocenters. The highest BCUT2D eigenvalue weighted by Crippen LogP contribution is 2.31. The SMILES string of the molecule is CN1C(C(N)=O)C=NC1c1cccc2ncccc12. The van der Waals surface area contributed by atoms with Crippen LogP contribution in [0.5, 0.6) is 0 Å². The van der Waals surface area contributed by atoms with Crippen molar-refractivity contribution in [1.29, 1.82) is 0 Å². The maximum absolute atomic E-state index is 11.3. The van der Waals surface area contributed by atoms with Crippen molar-refractivity contribution in [2.45, 2.75) is 12.2 Å². The zero-order valence-corrected chi connectivity index (χ0v) is 10.5. The number of carbonyl (C=O) groups excluding carboxylic acids is 1. The molecule has 1 aliphatic heterocycles. The largest absolute Gasteiger partial charge is 0.368 e. The number of hydrogen-bond acceptors (Lipinski definition) is 4. The van der Waals surface area contributed by atoms with Crippen LogP contribution in [0.25, 0.3) is 10.9 Å². The van der Waals surface area contributed by atoms with Crippen LogP contribution < -0.4 is 5.73 Å². The zero-order chi connectivity index (χ0) is 13.4. The van der Waals surface area contributed by atoms with Crippen molar-refractivity contribution in [2.75, 3.05) is 7.05 Å². The van der Waals surface area contributed by atoms with Crippen molar-refractivity contribution < 1.29 is 4.79 Å². The van der Waals surface area contributed by atoms with Gasteiger partial charge in [0.25, 0.3) is 0 Å². The standard InChI is InChI=1S/C14H14N4O/c1-18-12(13(15)19)8-17-14(18)10-4-2-6-11-9(10)5-3-7-16-11/h2-8,12,14H,1H3,(H2,15,19). The smallest absolute Gasteiger partial charge is 0.240 e. The van der Waals surface area contributed by atoms with Crippen molar-refractivity contribution in [1.82, 2.24) is 9.88 Å². The second kappa shape index (κ2) is 4.44. The molecule has 1 aromatic carbocycles. The predicted molar refractivity (Wildman–Crippen MR) is 73.7 cm³/mol. The number of amides is 1. The number of likely N-dealkylation sites (N-methyl/N-ethyl adjacent to an activating group) is 1. The van der Waals surface area contributed by atoms with Crippen LogP contribution in [-0.4, -0.2) is 35.1 Å². The second-order valence-corrected chi connectivity index (χ2v) is 4.60. The third-order valence-electron chi connectivity index (χ3n) is 3.44. The minimum Gasteiger partial charge on any atom is -0.368 e. The Labute approximate surface area is 110 Å². The lowest BCUT2D eigenvalue weighted by Crippen LogP contribution is -2.41. The van der Waals surface area contributed by atoms with Gasteiger partial charge in [-0.1, -0.05) is 18.2 Å². The summed E-state index contributed by atoms with van der Waals surface area (Å²) in [7, 11) is 1.85. The monoisotopic (exact) mass is 254 g/mol. The van der Waals surface area contributed by atoms with Gasteiger partial charge >= 0.3 is 0 Å². The molecular formula is C14H14N4O. The quantitative estimate of drug-likeness (QED) is 0.872. The average Bonchev–Trinajstić information content (AvgIpc) is 2.80. The van der Waals surface area contributed by atoms with Crippen LogP contribution in [0.1, 0.15) is 11.7 Å². The lowest BCUT2D eigenvalue weighted by atomic mass is 10.1. The molecule has 19 heavy (non-hydrogen) atoms. The summed E-state index contributed by atoms with van der Waals surface area (Å²) in [4.78, 5) is 21.9. The van der Waals surface area contributed by atoms with E-state index >= 15 is 0 Å². The first-order valence-corrected chi connectivity index (χ1v) is 6.06. The first kappa shape index (κ1) is 11.8. The summed E-state index contributed by atoms with van der Waals surface area (Å²) < 4.78 is 0. The molecule has 1 aromatic heterocycles. The first-order chi connectivity index (χ1) is 9.18. The molecule has 0 bridgehead atoms. The Bertz CT molecular complexity index is 662. The molecule has 2 N–H and O–H groups in total. The summed E-state index contributed by atoms with van der Waals surface area (Å²) in [6.45, 7) is 0. The van der Waals surface area contributed by atoms with Gasteiger partial charge < -0.3 is 5.73 Å². The highest BCUT2D eigenvalue weighted by atomic mass is 16.1. The molecule has 2 heterocycles. The van der Waals surface area contributed by atoms with Crippen LogP contribution in [0, 0.1) is 0 Å². The van der Waals surface area contributed by atoms with Gasteiger partial charge in [0.15, 0.2) is 0 Å². The number of carbonyl (C=O) groups is 1. The lowest BCUT2D eigenvalue weighted by molar-refractivity contribution is -0.120. The van der Waals surface area contributed by atoms with Crippen molar-refractivity contribution in [3.05, 3.63) is 42.1 Å². The van der Waals surface area contributed by atoms with Gasteiger partial charge in [-0.15, -0.1) is 0 Å². The van der Waals surface area contributed by atoms with Gasteiger partial charge in [0.05, 0.1) is 5.52 Å². The molecule has 5 nitrogen and oxygen atoms in total. The highest BCUT2D eigenvalue weighted by molar-refractivity contribution is 5.98. The molecule has 0 aliphatic carbocycles. The van der Waals surface area contributed by atoms with Gasteiger partial charge in [-0.05, 0) is 19.2 Å². The summed E-state index contributed by atoms with van der Waals surface area (Å²) in [6.07, 6.45) is 3.19. The molecule has 2 aromatic rings. The van der Waals surface area contributed by atoms with Crippen molar-refractivity contribution >= 4 is 23.0 Å². The first-order valence-electron chi connectivity index (χ1n) is 6.06. The number of hydrogen-bond donors (Lipinski definition) is 1. The van der Waals surface area contributed by atoms with Crippen molar-refractivity contribution in [3.8, 4) is 0 Å². The van der Waals surface area contributed by atoms with Crippen LogP contribution in [0.2, 0.25) is 0 Å². The van der Waals surface area contributed by atoms with Crippen LogP contribution in [0.15, 0.2) is 41.5 Å². The fourth-order valence-corrected chi connectivity index (χ4v) is 2.45. The fourth-order valence-electron chi connectivity index (χ4n) is 2.45. The zero-order valence-electron chi connectivity index (χ0n) is 10.5. The molecule has 2 atom stereocenters. The summed E-state index contributed by atoms with van der Waals surface area (Å²) in [5.41, 5.74) is 7.31.